The van der Waals surface area contributed by atoms with Crippen LogP contribution in [0, 0.1) is 11.7 Å². The van der Waals surface area contributed by atoms with Crippen LogP contribution < -0.4 is 15.4 Å². The fourth-order valence-electron chi connectivity index (χ4n) is 4.43. The molecule has 0 unspecified atom stereocenters. The van der Waals surface area contributed by atoms with E-state index in [2.05, 4.69) is 26.2 Å². The number of nitrogens with zero attached hydrogens (tertiary/aromatic N) is 6. The maximum absolute atomic E-state index is 13.4. The number of tetrazole rings is 1. The largest absolute Gasteiger partial charge is 0.488 e. The third kappa shape index (κ3) is 7.75. The van der Waals surface area contributed by atoms with Gasteiger partial charge in [-0.25, -0.2) is 13.9 Å². The van der Waals surface area contributed by atoms with E-state index in [1.807, 2.05) is 6.92 Å². The summed E-state index contributed by atoms with van der Waals surface area (Å²) in [6.45, 7) is 3.84. The molecule has 2 aromatic carbocycles. The fourth-order valence-corrected chi connectivity index (χ4v) is 4.43. The lowest BCUT2D eigenvalue weighted by atomic mass is 10.0. The lowest BCUT2D eigenvalue weighted by Gasteiger charge is -2.34. The molecule has 4 amide bonds. The molecule has 3 atom stereocenters. The molecular weight excluding hydrogens is 535 g/mol. The number of carbonyl (C=O) groups is 3. The molecule has 0 aliphatic carbocycles. The van der Waals surface area contributed by atoms with E-state index in [4.69, 9.17) is 4.74 Å². The van der Waals surface area contributed by atoms with Crippen molar-refractivity contribution in [2.45, 2.75) is 39.0 Å². The van der Waals surface area contributed by atoms with Gasteiger partial charge in [-0.05, 0) is 59.8 Å². The summed E-state index contributed by atoms with van der Waals surface area (Å²) in [6.07, 6.45) is 0.777. The zero-order valence-electron chi connectivity index (χ0n) is 23.0. The molecule has 14 heteroatoms. The van der Waals surface area contributed by atoms with Crippen LogP contribution in [0.3, 0.4) is 0 Å². The number of benzene rings is 2. The lowest BCUT2D eigenvalue weighted by molar-refractivity contribution is -0.134. The number of hydrogen-bond acceptors (Lipinski definition) is 8. The molecule has 13 nitrogen and oxygen atoms in total. The summed E-state index contributed by atoms with van der Waals surface area (Å²) in [5.41, 5.74) is 1.45. The first-order valence-corrected chi connectivity index (χ1v) is 13.1. The second kappa shape index (κ2) is 13.2. The van der Waals surface area contributed by atoms with Gasteiger partial charge in [0.2, 0.25) is 11.8 Å². The molecule has 1 aliphatic rings. The minimum Gasteiger partial charge on any atom is -0.488 e. The number of aliphatic hydroxyl groups is 1. The number of carbonyl (C=O) groups excluding carboxylic acids is 3. The van der Waals surface area contributed by atoms with Crippen molar-refractivity contribution in [3.8, 4) is 5.75 Å². The molecule has 1 aromatic heterocycles. The Labute approximate surface area is 236 Å². The van der Waals surface area contributed by atoms with Gasteiger partial charge in [0.15, 0.2) is 0 Å². The quantitative estimate of drug-likeness (QED) is 0.371. The predicted molar refractivity (Wildman–Crippen MR) is 146 cm³/mol. The Balaban J connectivity index is 1.55. The van der Waals surface area contributed by atoms with Crippen molar-refractivity contribution in [3.05, 3.63) is 60.2 Å². The number of hydrogen-bond donors (Lipinski definition) is 3. The van der Waals surface area contributed by atoms with E-state index in [-0.39, 0.29) is 43.8 Å². The van der Waals surface area contributed by atoms with Gasteiger partial charge in [-0.2, -0.15) is 0 Å². The SMILES string of the molecule is C[C@@H]1CN([C@H](C)CO)C(=O)Cc2cc(NC(=O)Cn3cnnn3)ccc2O[C@@H]1CN(C)C(=O)Nc1ccc(F)cc1. The van der Waals surface area contributed by atoms with Crippen molar-refractivity contribution in [1.29, 1.82) is 0 Å². The second-order valence-electron chi connectivity index (χ2n) is 10.1. The van der Waals surface area contributed by atoms with Gasteiger partial charge >= 0.3 is 6.03 Å². The Morgan fingerprint density at radius 1 is 1.20 bits per heavy atom. The summed E-state index contributed by atoms with van der Waals surface area (Å²) in [6, 6.07) is 9.61. The first kappa shape index (κ1) is 29.4. The molecule has 3 N–H and O–H groups in total. The predicted octanol–water partition coefficient (Wildman–Crippen LogP) is 1.76. The molecule has 4 rings (SSSR count). The van der Waals surface area contributed by atoms with Crippen molar-refractivity contribution in [2.24, 2.45) is 5.92 Å². The summed E-state index contributed by atoms with van der Waals surface area (Å²) in [5, 5.41) is 26.0. The highest BCUT2D eigenvalue weighted by molar-refractivity contribution is 5.91. The first-order valence-electron chi connectivity index (χ1n) is 13.1. The van der Waals surface area contributed by atoms with Crippen LogP contribution in [0.2, 0.25) is 0 Å². The van der Waals surface area contributed by atoms with E-state index in [0.717, 1.165) is 0 Å². The fraction of sp³-hybridized carbons (Fsp3) is 0.407. The summed E-state index contributed by atoms with van der Waals surface area (Å²) in [7, 11) is 1.62. The van der Waals surface area contributed by atoms with Crippen molar-refractivity contribution in [3.63, 3.8) is 0 Å². The lowest BCUT2D eigenvalue weighted by Crippen LogP contribution is -2.48. The van der Waals surface area contributed by atoms with E-state index in [1.54, 1.807) is 37.1 Å². The number of urea groups is 1. The number of rotatable bonds is 8. The number of halogens is 1. The summed E-state index contributed by atoms with van der Waals surface area (Å²) < 4.78 is 20.9. The maximum Gasteiger partial charge on any atom is 0.321 e. The molecule has 0 spiro atoms. The molecular formula is C27H33FN8O5. The van der Waals surface area contributed by atoms with Crippen LogP contribution in [0.15, 0.2) is 48.8 Å². The summed E-state index contributed by atoms with van der Waals surface area (Å²) in [5.74, 6) is -0.753. The number of amides is 4. The van der Waals surface area contributed by atoms with Crippen LogP contribution >= 0.6 is 0 Å². The van der Waals surface area contributed by atoms with Crippen LogP contribution in [-0.2, 0) is 22.6 Å². The molecule has 2 heterocycles. The van der Waals surface area contributed by atoms with E-state index in [0.29, 0.717) is 29.2 Å². The van der Waals surface area contributed by atoms with Crippen LogP contribution in [0.25, 0.3) is 0 Å². The number of aliphatic hydroxyl groups excluding tert-OH is 1. The second-order valence-corrected chi connectivity index (χ2v) is 10.1. The number of likely N-dealkylation sites (N-methyl/N-ethyl adjacent to an activating group) is 1. The normalized spacial score (nSPS) is 17.8. The Morgan fingerprint density at radius 2 is 1.93 bits per heavy atom. The monoisotopic (exact) mass is 568 g/mol. The Bertz CT molecular complexity index is 1350. The Morgan fingerprint density at radius 3 is 2.61 bits per heavy atom. The third-order valence-corrected chi connectivity index (χ3v) is 6.79. The Hall–Kier alpha value is -4.59. The minimum absolute atomic E-state index is 0.0172. The van der Waals surface area contributed by atoms with Crippen molar-refractivity contribution in [2.75, 3.05) is 37.4 Å². The molecule has 3 aromatic rings. The Kier molecular flexibility index (Phi) is 9.45. The van der Waals surface area contributed by atoms with Crippen molar-refractivity contribution in [1.82, 2.24) is 30.0 Å². The van der Waals surface area contributed by atoms with Gasteiger partial charge in [0.25, 0.3) is 0 Å². The van der Waals surface area contributed by atoms with Gasteiger partial charge in [0, 0.05) is 36.4 Å². The van der Waals surface area contributed by atoms with Crippen molar-refractivity contribution < 1.29 is 28.6 Å². The molecule has 1 aliphatic heterocycles. The van der Waals surface area contributed by atoms with Gasteiger partial charge in [0.1, 0.15) is 30.5 Å². The molecule has 0 bridgehead atoms. The third-order valence-electron chi connectivity index (χ3n) is 6.79. The van der Waals surface area contributed by atoms with Gasteiger partial charge in [0.05, 0.1) is 25.6 Å². The van der Waals surface area contributed by atoms with Gasteiger partial charge in [-0.15, -0.1) is 5.10 Å². The van der Waals surface area contributed by atoms with E-state index < -0.39 is 24.0 Å². The average Bonchev–Trinajstić information content (AvgIpc) is 3.46. The smallest absolute Gasteiger partial charge is 0.321 e. The molecule has 0 fully saturated rings. The molecule has 0 saturated heterocycles. The van der Waals surface area contributed by atoms with Crippen LogP contribution in [-0.4, -0.2) is 91.8 Å². The first-order chi connectivity index (χ1) is 19.6. The van der Waals surface area contributed by atoms with Crippen LogP contribution in [0.1, 0.15) is 19.4 Å². The van der Waals surface area contributed by atoms with Crippen LogP contribution in [0.5, 0.6) is 5.75 Å². The van der Waals surface area contributed by atoms with E-state index in [9.17, 15) is 23.9 Å². The average molecular weight is 569 g/mol. The molecule has 0 saturated carbocycles. The minimum atomic E-state index is -0.530. The van der Waals surface area contributed by atoms with Gasteiger partial charge in [-0.1, -0.05) is 6.92 Å². The van der Waals surface area contributed by atoms with Gasteiger partial charge < -0.3 is 30.3 Å². The molecule has 41 heavy (non-hydrogen) atoms. The highest BCUT2D eigenvalue weighted by Gasteiger charge is 2.32. The number of anilines is 2. The molecule has 0 radical (unpaired) electrons. The highest BCUT2D eigenvalue weighted by atomic mass is 19.1. The standard InChI is InChI=1S/C27H33FN8O5/c1-17-12-36(18(2)15-37)26(39)11-19-10-22(30-25(38)14-35-16-29-32-33-35)8-9-23(19)41-24(17)13-34(3)27(40)31-21-6-4-20(28)5-7-21/h4-10,16-18,24,37H,11-15H2,1-3H3,(H,30,38)(H,31,40)/t17-,18-,24-/m1/s1. The van der Waals surface area contributed by atoms with Crippen LogP contribution in [0.4, 0.5) is 20.6 Å². The topological polar surface area (TPSA) is 155 Å². The number of nitrogens with one attached hydrogen (secondary N) is 2. The summed E-state index contributed by atoms with van der Waals surface area (Å²) in [4.78, 5) is 41.8. The number of aromatic nitrogens is 4. The van der Waals surface area contributed by atoms with Gasteiger partial charge in [-0.3, -0.25) is 9.59 Å². The van der Waals surface area contributed by atoms with E-state index >= 15 is 0 Å². The highest BCUT2D eigenvalue weighted by Crippen LogP contribution is 2.29. The molecule has 218 valence electrons. The summed E-state index contributed by atoms with van der Waals surface area (Å²) >= 11 is 0. The zero-order chi connectivity index (χ0) is 29.5. The number of fused-ring (bicyclic) bond motifs is 1. The maximum atomic E-state index is 13.4. The zero-order valence-corrected chi connectivity index (χ0v) is 23.0. The van der Waals surface area contributed by atoms with Crippen molar-refractivity contribution >= 4 is 29.2 Å². The van der Waals surface area contributed by atoms with E-state index in [1.165, 1.54) is 40.2 Å². The number of ether oxygens (including phenoxy) is 1.